The van der Waals surface area contributed by atoms with Crippen molar-refractivity contribution in [3.05, 3.63) is 42.0 Å². The molecule has 0 spiro atoms. The van der Waals surface area contributed by atoms with E-state index in [9.17, 15) is 0 Å². The van der Waals surface area contributed by atoms with E-state index in [1.165, 1.54) is 16.3 Å². The smallest absolute Gasteiger partial charge is 0.0385 e. The Morgan fingerprint density at radius 2 is 1.80 bits per heavy atom. The summed E-state index contributed by atoms with van der Waals surface area (Å²) in [5.41, 5.74) is 2.60. The van der Waals surface area contributed by atoms with Crippen molar-refractivity contribution in [1.29, 1.82) is 0 Å². The van der Waals surface area contributed by atoms with E-state index in [0.29, 0.717) is 0 Å². The summed E-state index contributed by atoms with van der Waals surface area (Å²) in [5, 5.41) is 1.26. The lowest BCUT2D eigenvalue weighted by atomic mass is 10.1. The minimum absolute atomic E-state index is 1.06. The molecule has 0 unspecified atom stereocenters. The lowest BCUT2D eigenvalue weighted by Crippen LogP contribution is -1.80. The summed E-state index contributed by atoms with van der Waals surface area (Å²) in [5.74, 6) is 0. The first-order chi connectivity index (χ1) is 4.70. The summed E-state index contributed by atoms with van der Waals surface area (Å²) in [6, 6.07) is 8.51. The number of rotatable bonds is 1. The van der Waals surface area contributed by atoms with Crippen LogP contribution >= 0.6 is 0 Å². The first-order valence-corrected chi connectivity index (χ1v) is 4.42. The largest absolute Gasteiger partial charge is 0.100 e. The summed E-state index contributed by atoms with van der Waals surface area (Å²) >= 11 is 0. The molecule has 10 heavy (non-hydrogen) atoms. The van der Waals surface area contributed by atoms with Gasteiger partial charge in [0.1, 0.15) is 0 Å². The van der Waals surface area contributed by atoms with Gasteiger partial charge in [-0.15, -0.1) is 6.58 Å². The molecule has 0 aromatic heterocycles. The average Bonchev–Trinajstić information content (AvgIpc) is 1.88. The molecule has 1 heteroatoms. The minimum atomic E-state index is 1.06. The molecule has 0 radical (unpaired) electrons. The van der Waals surface area contributed by atoms with Crippen molar-refractivity contribution in [2.75, 3.05) is 0 Å². The van der Waals surface area contributed by atoms with Crippen LogP contribution in [0.25, 0.3) is 5.20 Å². The van der Waals surface area contributed by atoms with Gasteiger partial charge in [0.05, 0.1) is 0 Å². The predicted molar refractivity (Wildman–Crippen MR) is 50.2 cm³/mol. The Kier molecular flexibility index (Phi) is 2.07. The van der Waals surface area contributed by atoms with Crippen LogP contribution in [0.3, 0.4) is 0 Å². The molecule has 0 saturated heterocycles. The molecule has 0 heterocycles. The SMILES string of the molecule is C=C([SiH3])c1ccc(C)cc1. The van der Waals surface area contributed by atoms with Crippen molar-refractivity contribution in [3.63, 3.8) is 0 Å². The zero-order valence-corrected chi connectivity index (χ0v) is 8.52. The van der Waals surface area contributed by atoms with Gasteiger partial charge < -0.3 is 0 Å². The molecule has 0 aliphatic heterocycles. The maximum atomic E-state index is 3.92. The second kappa shape index (κ2) is 2.84. The molecule has 0 nitrogen and oxygen atoms in total. The third-order valence-electron chi connectivity index (χ3n) is 1.54. The van der Waals surface area contributed by atoms with E-state index in [4.69, 9.17) is 0 Å². The van der Waals surface area contributed by atoms with Gasteiger partial charge in [0, 0.05) is 10.2 Å². The summed E-state index contributed by atoms with van der Waals surface area (Å²) < 4.78 is 0. The highest BCUT2D eigenvalue weighted by Gasteiger charge is 1.89. The number of aryl methyl sites for hydroxylation is 1. The molecule has 0 saturated carbocycles. The monoisotopic (exact) mass is 148 g/mol. The third kappa shape index (κ3) is 1.58. The topological polar surface area (TPSA) is 0 Å². The summed E-state index contributed by atoms with van der Waals surface area (Å²) in [4.78, 5) is 0. The Balaban J connectivity index is 3.00. The minimum Gasteiger partial charge on any atom is -0.100 e. The van der Waals surface area contributed by atoms with Crippen LogP contribution in [0.15, 0.2) is 30.8 Å². The van der Waals surface area contributed by atoms with E-state index >= 15 is 0 Å². The maximum absolute atomic E-state index is 3.92. The molecule has 0 amide bonds. The van der Waals surface area contributed by atoms with Crippen molar-refractivity contribution in [3.8, 4) is 0 Å². The molecule has 0 bridgehead atoms. The highest BCUT2D eigenvalue weighted by molar-refractivity contribution is 6.41. The number of benzene rings is 1. The standard InChI is InChI=1S/C9H12Si/c1-7-3-5-9(6-4-7)8(2)10/h3-6H,2H2,1,10H3. The Bertz CT molecular complexity index is 233. The van der Waals surface area contributed by atoms with Crippen molar-refractivity contribution < 1.29 is 0 Å². The maximum Gasteiger partial charge on any atom is 0.0385 e. The first kappa shape index (κ1) is 7.29. The van der Waals surface area contributed by atoms with Gasteiger partial charge in [-0.05, 0) is 12.5 Å². The van der Waals surface area contributed by atoms with Crippen LogP contribution in [0.1, 0.15) is 11.1 Å². The Labute approximate surface area is 65.0 Å². The fourth-order valence-corrected chi connectivity index (χ4v) is 1.17. The molecular formula is C9H12Si. The van der Waals surface area contributed by atoms with E-state index < -0.39 is 0 Å². The lowest BCUT2D eigenvalue weighted by Gasteiger charge is -1.98. The van der Waals surface area contributed by atoms with Gasteiger partial charge in [-0.2, -0.15) is 0 Å². The zero-order valence-electron chi connectivity index (χ0n) is 6.52. The molecule has 0 N–H and O–H groups in total. The van der Waals surface area contributed by atoms with Gasteiger partial charge in [0.25, 0.3) is 0 Å². The van der Waals surface area contributed by atoms with E-state index in [-0.39, 0.29) is 0 Å². The molecule has 1 rings (SSSR count). The summed E-state index contributed by atoms with van der Waals surface area (Å²) in [6.45, 7) is 6.01. The van der Waals surface area contributed by atoms with E-state index in [1.807, 2.05) is 0 Å². The average molecular weight is 148 g/mol. The zero-order chi connectivity index (χ0) is 7.56. The van der Waals surface area contributed by atoms with Gasteiger partial charge >= 0.3 is 0 Å². The van der Waals surface area contributed by atoms with Crippen molar-refractivity contribution >= 4 is 15.4 Å². The number of hydrogen-bond acceptors (Lipinski definition) is 0. The Morgan fingerprint density at radius 1 is 1.30 bits per heavy atom. The second-order valence-corrected chi connectivity index (χ2v) is 3.85. The quantitative estimate of drug-likeness (QED) is 0.527. The molecule has 52 valence electrons. The first-order valence-electron chi connectivity index (χ1n) is 3.42. The van der Waals surface area contributed by atoms with Crippen LogP contribution < -0.4 is 0 Å². The molecule has 0 atom stereocenters. The van der Waals surface area contributed by atoms with Crippen molar-refractivity contribution in [1.82, 2.24) is 0 Å². The Hall–Kier alpha value is -0.823. The highest BCUT2D eigenvalue weighted by atomic mass is 28.1. The molecule has 0 aliphatic rings. The van der Waals surface area contributed by atoms with Gasteiger partial charge in [-0.3, -0.25) is 0 Å². The van der Waals surface area contributed by atoms with Crippen LogP contribution in [0, 0.1) is 6.92 Å². The molecule has 0 fully saturated rings. The van der Waals surface area contributed by atoms with Crippen LogP contribution in [-0.4, -0.2) is 10.2 Å². The molecule has 1 aromatic carbocycles. The van der Waals surface area contributed by atoms with Crippen LogP contribution in [-0.2, 0) is 0 Å². The van der Waals surface area contributed by atoms with Crippen LogP contribution in [0.4, 0.5) is 0 Å². The van der Waals surface area contributed by atoms with E-state index in [1.54, 1.807) is 0 Å². The van der Waals surface area contributed by atoms with Gasteiger partial charge in [0.15, 0.2) is 0 Å². The predicted octanol–water partition coefficient (Wildman–Crippen LogP) is 1.33. The molecule has 0 aliphatic carbocycles. The molecular weight excluding hydrogens is 136 g/mol. The summed E-state index contributed by atoms with van der Waals surface area (Å²) in [7, 11) is 1.06. The van der Waals surface area contributed by atoms with Gasteiger partial charge in [-0.25, -0.2) is 0 Å². The Morgan fingerprint density at radius 3 is 2.20 bits per heavy atom. The van der Waals surface area contributed by atoms with Gasteiger partial charge in [-0.1, -0.05) is 35.0 Å². The van der Waals surface area contributed by atoms with Gasteiger partial charge in [0.2, 0.25) is 0 Å². The second-order valence-electron chi connectivity index (χ2n) is 2.65. The normalized spacial score (nSPS) is 9.70. The number of hydrogen-bond donors (Lipinski definition) is 0. The fourth-order valence-electron chi connectivity index (χ4n) is 0.838. The molecule has 1 aromatic rings. The van der Waals surface area contributed by atoms with Crippen molar-refractivity contribution in [2.45, 2.75) is 6.92 Å². The van der Waals surface area contributed by atoms with E-state index in [0.717, 1.165) is 10.2 Å². The third-order valence-corrected chi connectivity index (χ3v) is 2.12. The van der Waals surface area contributed by atoms with Crippen LogP contribution in [0.2, 0.25) is 0 Å². The fraction of sp³-hybridized carbons (Fsp3) is 0.111. The van der Waals surface area contributed by atoms with E-state index in [2.05, 4.69) is 37.8 Å². The van der Waals surface area contributed by atoms with Crippen molar-refractivity contribution in [2.24, 2.45) is 0 Å². The lowest BCUT2D eigenvalue weighted by molar-refractivity contribution is 1.46. The summed E-state index contributed by atoms with van der Waals surface area (Å²) in [6.07, 6.45) is 0. The highest BCUT2D eigenvalue weighted by Crippen LogP contribution is 2.08. The van der Waals surface area contributed by atoms with Crippen LogP contribution in [0.5, 0.6) is 0 Å².